The zero-order valence-electron chi connectivity index (χ0n) is 14.6. The molecule has 1 aromatic heterocycles. The number of carbonyl (C=O) groups excluding carboxylic acids is 1. The number of aromatic nitrogens is 1. The summed E-state index contributed by atoms with van der Waals surface area (Å²) < 4.78 is 0. The molecule has 26 heavy (non-hydrogen) atoms. The minimum atomic E-state index is -0.119. The number of urea groups is 1. The first-order valence-electron chi connectivity index (χ1n) is 9.09. The van der Waals surface area contributed by atoms with Crippen LogP contribution >= 0.6 is 0 Å². The highest BCUT2D eigenvalue weighted by Gasteiger charge is 2.30. The van der Waals surface area contributed by atoms with Gasteiger partial charge in [-0.1, -0.05) is 30.3 Å². The first-order chi connectivity index (χ1) is 12.8. The average Bonchev–Trinajstić information content (AvgIpc) is 3.29. The number of hydrogen-bond donors (Lipinski definition) is 3. The molecule has 3 N–H and O–H groups in total. The normalized spacial score (nSPS) is 15.8. The minimum Gasteiger partial charge on any atom is -0.396 e. The molecule has 4 rings (SSSR count). The molecule has 1 unspecified atom stereocenters. The molecule has 0 spiro atoms. The standard InChI is InChI=1S/C21H23N3O2/c25-13-3-12-24(20-9-7-15-4-1-2-5-18(15)20)21(26)23-17-8-6-16-10-11-22-19(16)14-17/h1-2,4-6,8,10-11,14,20,22,25H,3,7,9,12-13H2,(H,23,26). The summed E-state index contributed by atoms with van der Waals surface area (Å²) in [5.41, 5.74) is 4.30. The van der Waals surface area contributed by atoms with Crippen LogP contribution in [-0.2, 0) is 6.42 Å². The van der Waals surface area contributed by atoms with E-state index in [1.807, 2.05) is 47.5 Å². The number of rotatable bonds is 5. The summed E-state index contributed by atoms with van der Waals surface area (Å²) >= 11 is 0. The second-order valence-electron chi connectivity index (χ2n) is 6.73. The fourth-order valence-corrected chi connectivity index (χ4v) is 3.82. The van der Waals surface area contributed by atoms with E-state index in [9.17, 15) is 9.90 Å². The van der Waals surface area contributed by atoms with Crippen LogP contribution < -0.4 is 5.32 Å². The SMILES string of the molecule is O=C(Nc1ccc2cc[nH]c2c1)N(CCCO)C1CCc2ccccc21. The van der Waals surface area contributed by atoms with E-state index in [1.165, 1.54) is 11.1 Å². The van der Waals surface area contributed by atoms with Crippen LogP contribution in [0.25, 0.3) is 10.9 Å². The van der Waals surface area contributed by atoms with Crippen LogP contribution in [0.4, 0.5) is 10.5 Å². The minimum absolute atomic E-state index is 0.0620. The Balaban J connectivity index is 1.56. The molecule has 0 aliphatic heterocycles. The molecule has 1 heterocycles. The highest BCUT2D eigenvalue weighted by atomic mass is 16.3. The van der Waals surface area contributed by atoms with E-state index in [4.69, 9.17) is 0 Å². The maximum atomic E-state index is 13.0. The number of benzene rings is 2. The Morgan fingerprint density at radius 1 is 1.23 bits per heavy atom. The number of aliphatic hydroxyl groups is 1. The van der Waals surface area contributed by atoms with Crippen molar-refractivity contribution in [3.63, 3.8) is 0 Å². The largest absolute Gasteiger partial charge is 0.396 e. The summed E-state index contributed by atoms with van der Waals surface area (Å²) in [6, 6.07) is 16.1. The molecule has 2 amide bonds. The van der Waals surface area contributed by atoms with Gasteiger partial charge in [0.15, 0.2) is 0 Å². The van der Waals surface area contributed by atoms with Gasteiger partial charge in [-0.15, -0.1) is 0 Å². The second kappa shape index (κ2) is 7.22. The van der Waals surface area contributed by atoms with Gasteiger partial charge < -0.3 is 20.3 Å². The number of anilines is 1. The molecule has 2 aromatic carbocycles. The number of amides is 2. The number of carbonyl (C=O) groups is 1. The Morgan fingerprint density at radius 2 is 2.12 bits per heavy atom. The molecule has 0 saturated heterocycles. The van der Waals surface area contributed by atoms with Gasteiger partial charge in [-0.05, 0) is 54.0 Å². The predicted molar refractivity (Wildman–Crippen MR) is 103 cm³/mol. The van der Waals surface area contributed by atoms with E-state index >= 15 is 0 Å². The second-order valence-corrected chi connectivity index (χ2v) is 6.73. The molecule has 5 nitrogen and oxygen atoms in total. The smallest absolute Gasteiger partial charge is 0.322 e. The predicted octanol–water partition coefficient (Wildman–Crippen LogP) is 4.07. The Labute approximate surface area is 152 Å². The molecular formula is C21H23N3O2. The summed E-state index contributed by atoms with van der Waals surface area (Å²) in [5.74, 6) is 0. The summed E-state index contributed by atoms with van der Waals surface area (Å²) in [4.78, 5) is 18.0. The lowest BCUT2D eigenvalue weighted by Gasteiger charge is -2.30. The first kappa shape index (κ1) is 16.7. The number of nitrogens with zero attached hydrogens (tertiary/aromatic N) is 1. The number of fused-ring (bicyclic) bond motifs is 2. The van der Waals surface area contributed by atoms with E-state index in [2.05, 4.69) is 22.4 Å². The van der Waals surface area contributed by atoms with Crippen LogP contribution in [0.5, 0.6) is 0 Å². The number of nitrogens with one attached hydrogen (secondary N) is 2. The Bertz CT molecular complexity index is 918. The quantitative estimate of drug-likeness (QED) is 0.650. The summed E-state index contributed by atoms with van der Waals surface area (Å²) in [6.07, 6.45) is 4.37. The van der Waals surface area contributed by atoms with E-state index in [1.54, 1.807) is 0 Å². The highest BCUT2D eigenvalue weighted by molar-refractivity contribution is 5.93. The van der Waals surface area contributed by atoms with Crippen molar-refractivity contribution < 1.29 is 9.90 Å². The lowest BCUT2D eigenvalue weighted by atomic mass is 10.1. The number of hydrogen-bond acceptors (Lipinski definition) is 2. The van der Waals surface area contributed by atoms with Crippen LogP contribution in [-0.4, -0.2) is 34.2 Å². The van der Waals surface area contributed by atoms with Crippen molar-refractivity contribution in [2.75, 3.05) is 18.5 Å². The van der Waals surface area contributed by atoms with Gasteiger partial charge in [0.1, 0.15) is 0 Å². The summed E-state index contributed by atoms with van der Waals surface area (Å²) in [6.45, 7) is 0.610. The van der Waals surface area contributed by atoms with E-state index in [0.717, 1.165) is 29.4 Å². The zero-order chi connectivity index (χ0) is 17.9. The van der Waals surface area contributed by atoms with Gasteiger partial charge in [-0.2, -0.15) is 0 Å². The van der Waals surface area contributed by atoms with Gasteiger partial charge in [-0.3, -0.25) is 0 Å². The molecular weight excluding hydrogens is 326 g/mol. The van der Waals surface area contributed by atoms with Crippen molar-refractivity contribution >= 4 is 22.6 Å². The summed E-state index contributed by atoms with van der Waals surface area (Å²) in [5, 5.41) is 13.4. The van der Waals surface area contributed by atoms with Crippen molar-refractivity contribution in [1.29, 1.82) is 0 Å². The van der Waals surface area contributed by atoms with E-state index in [0.29, 0.717) is 13.0 Å². The van der Waals surface area contributed by atoms with Crippen molar-refractivity contribution in [3.05, 3.63) is 65.9 Å². The molecule has 0 bridgehead atoms. The van der Waals surface area contributed by atoms with Crippen molar-refractivity contribution in [2.45, 2.75) is 25.3 Å². The monoisotopic (exact) mass is 349 g/mol. The lowest BCUT2D eigenvalue weighted by molar-refractivity contribution is 0.177. The fourth-order valence-electron chi connectivity index (χ4n) is 3.82. The Morgan fingerprint density at radius 3 is 3.00 bits per heavy atom. The van der Waals surface area contributed by atoms with E-state index in [-0.39, 0.29) is 18.7 Å². The molecule has 3 aromatic rings. The topological polar surface area (TPSA) is 68.4 Å². The van der Waals surface area contributed by atoms with Gasteiger partial charge in [0.25, 0.3) is 0 Å². The van der Waals surface area contributed by atoms with Crippen LogP contribution in [0.15, 0.2) is 54.7 Å². The van der Waals surface area contributed by atoms with Gasteiger partial charge in [0.2, 0.25) is 0 Å². The van der Waals surface area contributed by atoms with Gasteiger partial charge in [-0.25, -0.2) is 4.79 Å². The van der Waals surface area contributed by atoms with Crippen molar-refractivity contribution in [3.8, 4) is 0 Å². The van der Waals surface area contributed by atoms with Crippen LogP contribution in [0.1, 0.15) is 30.0 Å². The molecule has 0 radical (unpaired) electrons. The fraction of sp³-hybridized carbons (Fsp3) is 0.286. The molecule has 1 atom stereocenters. The highest BCUT2D eigenvalue weighted by Crippen LogP contribution is 2.36. The molecule has 1 aliphatic carbocycles. The molecule has 5 heteroatoms. The maximum absolute atomic E-state index is 13.0. The third-order valence-electron chi connectivity index (χ3n) is 5.10. The number of aliphatic hydroxyl groups excluding tert-OH is 1. The lowest BCUT2D eigenvalue weighted by Crippen LogP contribution is -2.38. The van der Waals surface area contributed by atoms with E-state index < -0.39 is 0 Å². The van der Waals surface area contributed by atoms with Gasteiger partial charge in [0, 0.05) is 30.6 Å². The van der Waals surface area contributed by atoms with Crippen LogP contribution in [0, 0.1) is 0 Å². The maximum Gasteiger partial charge on any atom is 0.322 e. The Hall–Kier alpha value is -2.79. The van der Waals surface area contributed by atoms with Gasteiger partial charge in [0.05, 0.1) is 6.04 Å². The van der Waals surface area contributed by atoms with Crippen LogP contribution in [0.2, 0.25) is 0 Å². The first-order valence-corrected chi connectivity index (χ1v) is 9.09. The summed E-state index contributed by atoms with van der Waals surface area (Å²) in [7, 11) is 0. The third kappa shape index (κ3) is 3.18. The third-order valence-corrected chi connectivity index (χ3v) is 5.10. The number of aromatic amines is 1. The van der Waals surface area contributed by atoms with Crippen molar-refractivity contribution in [1.82, 2.24) is 9.88 Å². The molecule has 0 saturated carbocycles. The molecule has 134 valence electrons. The van der Waals surface area contributed by atoms with Gasteiger partial charge >= 0.3 is 6.03 Å². The molecule has 0 fully saturated rings. The number of H-pyrrole nitrogens is 1. The molecule has 1 aliphatic rings. The van der Waals surface area contributed by atoms with Crippen molar-refractivity contribution in [2.24, 2.45) is 0 Å². The zero-order valence-corrected chi connectivity index (χ0v) is 14.6. The van der Waals surface area contributed by atoms with Crippen LogP contribution in [0.3, 0.4) is 0 Å². The Kier molecular flexibility index (Phi) is 4.63. The average molecular weight is 349 g/mol. The number of aryl methyl sites for hydroxylation is 1.